The Balaban J connectivity index is 3.29. The molecule has 4 nitrogen and oxygen atoms in total. The Morgan fingerprint density at radius 2 is 1.89 bits per heavy atom. The normalized spacial score (nSPS) is 15.3. The molecule has 0 aliphatic carbocycles. The highest BCUT2D eigenvalue weighted by Crippen LogP contribution is 2.33. The van der Waals surface area contributed by atoms with Gasteiger partial charge in [-0.15, -0.1) is 0 Å². The molecule has 0 aromatic heterocycles. The van der Waals surface area contributed by atoms with Crippen LogP contribution in [-0.2, 0) is 20.5 Å². The molecule has 0 bridgehead atoms. The van der Waals surface area contributed by atoms with Crippen molar-refractivity contribution in [3.63, 3.8) is 0 Å². The van der Waals surface area contributed by atoms with Crippen LogP contribution in [-0.4, -0.2) is 33.4 Å². The van der Waals surface area contributed by atoms with E-state index in [9.17, 15) is 22.2 Å². The third-order valence-corrected chi connectivity index (χ3v) is 5.42. The number of hydrogen-bond donors (Lipinski definition) is 0. The Labute approximate surface area is 168 Å². The van der Waals surface area contributed by atoms with Gasteiger partial charge in [0.15, 0.2) is 0 Å². The molecule has 0 fully saturated rings. The molecule has 2 atom stereocenters. The van der Waals surface area contributed by atoms with Crippen molar-refractivity contribution in [3.05, 3.63) is 34.3 Å². The van der Waals surface area contributed by atoms with E-state index in [1.165, 1.54) is 6.92 Å². The van der Waals surface area contributed by atoms with Crippen LogP contribution < -0.4 is 0 Å². The lowest BCUT2D eigenvalue weighted by molar-refractivity contribution is -0.182. The van der Waals surface area contributed by atoms with Gasteiger partial charge in [-0.25, -0.2) is 4.21 Å². The second-order valence-corrected chi connectivity index (χ2v) is 9.68. The van der Waals surface area contributed by atoms with Crippen molar-refractivity contribution >= 4 is 38.6 Å². The van der Waals surface area contributed by atoms with Gasteiger partial charge in [0.05, 0.1) is 29.4 Å². The quantitative estimate of drug-likeness (QED) is 0.406. The summed E-state index contributed by atoms with van der Waals surface area (Å²) in [5.41, 5.74) is 0.455. The molecular weight excluding hydrogens is 447 g/mol. The monoisotopic (exact) mass is 469 g/mol. The summed E-state index contributed by atoms with van der Waals surface area (Å²) in [6.07, 6.45) is -6.00. The first-order chi connectivity index (χ1) is 12.3. The lowest BCUT2D eigenvalue weighted by atomic mass is 9.94. The fourth-order valence-corrected chi connectivity index (χ4v) is 3.12. The van der Waals surface area contributed by atoms with Gasteiger partial charge in [-0.05, 0) is 45.4 Å². The standard InChI is InChI=1S/C18H23BrF3NO3S/c1-5-26-16(24)11-13(18(20,21)22)10-15(23-27(25)17(2,3)4)12-7-6-8-14(19)9-12/h6-9,13H,5,10-11H2,1-4H3. The Hall–Kier alpha value is -1.22. The van der Waals surface area contributed by atoms with E-state index in [2.05, 4.69) is 25.1 Å². The van der Waals surface area contributed by atoms with Crippen LogP contribution in [0.2, 0.25) is 0 Å². The first-order valence-corrected chi connectivity index (χ1v) is 10.2. The first-order valence-electron chi connectivity index (χ1n) is 8.32. The Morgan fingerprint density at radius 1 is 1.26 bits per heavy atom. The van der Waals surface area contributed by atoms with E-state index in [1.807, 2.05) is 0 Å². The second-order valence-electron chi connectivity index (χ2n) is 6.86. The zero-order valence-electron chi connectivity index (χ0n) is 15.6. The molecule has 0 saturated heterocycles. The predicted octanol–water partition coefficient (Wildman–Crippen LogP) is 5.22. The van der Waals surface area contributed by atoms with Crippen LogP contribution in [0.3, 0.4) is 0 Å². The van der Waals surface area contributed by atoms with E-state index < -0.39 is 46.6 Å². The average Bonchev–Trinajstić information content (AvgIpc) is 2.51. The van der Waals surface area contributed by atoms with Gasteiger partial charge < -0.3 is 4.74 Å². The number of carbonyl (C=O) groups excluding carboxylic acids is 1. The molecule has 9 heteroatoms. The van der Waals surface area contributed by atoms with Gasteiger partial charge in [-0.2, -0.15) is 17.6 Å². The number of benzene rings is 1. The number of hydrogen-bond acceptors (Lipinski definition) is 3. The van der Waals surface area contributed by atoms with Crippen LogP contribution in [0.5, 0.6) is 0 Å². The second kappa shape index (κ2) is 9.82. The van der Waals surface area contributed by atoms with Crippen molar-refractivity contribution in [1.82, 2.24) is 0 Å². The van der Waals surface area contributed by atoms with Crippen molar-refractivity contribution in [1.29, 1.82) is 0 Å². The summed E-state index contributed by atoms with van der Waals surface area (Å²) in [5.74, 6) is -2.91. The first kappa shape index (κ1) is 23.8. The summed E-state index contributed by atoms with van der Waals surface area (Å²) >= 11 is 3.28. The molecule has 0 N–H and O–H groups in total. The van der Waals surface area contributed by atoms with Crippen molar-refractivity contribution < 1.29 is 26.9 Å². The van der Waals surface area contributed by atoms with Crippen molar-refractivity contribution in [2.24, 2.45) is 10.3 Å². The zero-order valence-corrected chi connectivity index (χ0v) is 18.0. The molecule has 0 radical (unpaired) electrons. The Bertz CT molecular complexity index is 715. The van der Waals surface area contributed by atoms with E-state index in [0.29, 0.717) is 10.0 Å². The minimum Gasteiger partial charge on any atom is -0.466 e. The third-order valence-electron chi connectivity index (χ3n) is 3.50. The summed E-state index contributed by atoms with van der Waals surface area (Å²) in [7, 11) is -1.74. The predicted molar refractivity (Wildman–Crippen MR) is 104 cm³/mol. The van der Waals surface area contributed by atoms with Gasteiger partial charge in [-0.1, -0.05) is 28.1 Å². The molecule has 0 heterocycles. The zero-order chi connectivity index (χ0) is 20.8. The summed E-state index contributed by atoms with van der Waals surface area (Å²) in [6.45, 7) is 6.59. The van der Waals surface area contributed by atoms with Gasteiger partial charge in [0, 0.05) is 10.9 Å². The van der Waals surface area contributed by atoms with Crippen molar-refractivity contribution in [2.75, 3.05) is 6.61 Å². The molecular formula is C18H23BrF3NO3S. The molecule has 27 heavy (non-hydrogen) atoms. The Morgan fingerprint density at radius 3 is 2.37 bits per heavy atom. The van der Waals surface area contributed by atoms with E-state index in [4.69, 9.17) is 0 Å². The summed E-state index contributed by atoms with van der Waals surface area (Å²) in [4.78, 5) is 11.6. The summed E-state index contributed by atoms with van der Waals surface area (Å²) in [6, 6.07) is 6.59. The van der Waals surface area contributed by atoms with Crippen LogP contribution in [0, 0.1) is 5.92 Å². The number of nitrogens with zero attached hydrogens (tertiary/aromatic N) is 1. The maximum absolute atomic E-state index is 13.5. The van der Waals surface area contributed by atoms with E-state index in [0.717, 1.165) is 0 Å². The number of alkyl halides is 3. The summed E-state index contributed by atoms with van der Waals surface area (Å²) in [5, 5.41) is 0. The number of rotatable bonds is 7. The average molecular weight is 470 g/mol. The lowest BCUT2D eigenvalue weighted by Gasteiger charge is -2.21. The molecule has 1 rings (SSSR count). The van der Waals surface area contributed by atoms with Crippen LogP contribution in [0.4, 0.5) is 13.2 Å². The molecule has 0 amide bonds. The fourth-order valence-electron chi connectivity index (χ4n) is 2.07. The number of ether oxygens (including phenoxy) is 1. The molecule has 1 aromatic carbocycles. The highest BCUT2D eigenvalue weighted by atomic mass is 79.9. The van der Waals surface area contributed by atoms with Crippen LogP contribution in [0.15, 0.2) is 33.1 Å². The minimum absolute atomic E-state index is 0.00400. The topological polar surface area (TPSA) is 55.7 Å². The Kier molecular flexibility index (Phi) is 8.66. The van der Waals surface area contributed by atoms with Crippen molar-refractivity contribution in [2.45, 2.75) is 51.5 Å². The largest absolute Gasteiger partial charge is 0.466 e. The molecule has 0 aliphatic rings. The molecule has 2 unspecified atom stereocenters. The smallest absolute Gasteiger partial charge is 0.392 e. The highest BCUT2D eigenvalue weighted by Gasteiger charge is 2.42. The summed E-state index contributed by atoms with van der Waals surface area (Å²) < 4.78 is 61.6. The van der Waals surface area contributed by atoms with E-state index >= 15 is 0 Å². The number of halogens is 4. The SMILES string of the molecule is CCOC(=O)CC(CC(=NS(=O)C(C)(C)C)c1cccc(Br)c1)C(F)(F)F. The molecule has 0 aliphatic heterocycles. The maximum atomic E-state index is 13.5. The van der Waals surface area contributed by atoms with Crippen LogP contribution in [0.25, 0.3) is 0 Å². The molecule has 152 valence electrons. The maximum Gasteiger partial charge on any atom is 0.392 e. The van der Waals surface area contributed by atoms with Gasteiger partial charge >= 0.3 is 12.1 Å². The highest BCUT2D eigenvalue weighted by molar-refractivity contribution is 9.10. The van der Waals surface area contributed by atoms with Gasteiger partial charge in [0.25, 0.3) is 0 Å². The number of esters is 1. The third kappa shape index (κ3) is 8.13. The fraction of sp³-hybridized carbons (Fsp3) is 0.556. The minimum atomic E-state index is -4.62. The van der Waals surface area contributed by atoms with E-state index in [1.54, 1.807) is 45.0 Å². The van der Waals surface area contributed by atoms with Gasteiger partial charge in [0.2, 0.25) is 0 Å². The molecule has 1 aromatic rings. The van der Waals surface area contributed by atoms with Gasteiger partial charge in [-0.3, -0.25) is 4.79 Å². The molecule has 0 spiro atoms. The molecule has 0 saturated carbocycles. The van der Waals surface area contributed by atoms with Crippen LogP contribution in [0.1, 0.15) is 46.1 Å². The van der Waals surface area contributed by atoms with E-state index in [-0.39, 0.29) is 12.3 Å². The lowest BCUT2D eigenvalue weighted by Crippen LogP contribution is -2.30. The number of carbonyl (C=O) groups is 1. The van der Waals surface area contributed by atoms with Gasteiger partial charge in [0.1, 0.15) is 11.0 Å². The van der Waals surface area contributed by atoms with Crippen molar-refractivity contribution in [3.8, 4) is 0 Å². The van der Waals surface area contributed by atoms with Crippen LogP contribution >= 0.6 is 15.9 Å².